The molecule has 0 spiro atoms. The van der Waals surface area contributed by atoms with E-state index in [4.69, 9.17) is 5.10 Å². The van der Waals surface area contributed by atoms with E-state index in [9.17, 15) is 4.79 Å². The topological polar surface area (TPSA) is 46.9 Å². The number of hydrogen-bond acceptors (Lipinski definition) is 3. The molecule has 0 bridgehead atoms. The van der Waals surface area contributed by atoms with Crippen molar-refractivity contribution in [2.75, 3.05) is 11.9 Å². The van der Waals surface area contributed by atoms with E-state index in [-0.39, 0.29) is 5.78 Å². The minimum Gasteiger partial charge on any atom is -0.383 e. The van der Waals surface area contributed by atoms with Gasteiger partial charge in [0.25, 0.3) is 0 Å². The summed E-state index contributed by atoms with van der Waals surface area (Å²) in [5, 5.41) is 9.45. The second kappa shape index (κ2) is 6.94. The molecular formula is C22H25N3O. The summed E-state index contributed by atoms with van der Waals surface area (Å²) in [6.07, 6.45) is 4.46. The SMILES string of the molecule is CCCCNc1ccc2c3c(n(CCCC)nc13)-c1ccccc1C2=O. The van der Waals surface area contributed by atoms with E-state index in [1.165, 1.54) is 0 Å². The van der Waals surface area contributed by atoms with Crippen LogP contribution in [0.1, 0.15) is 55.5 Å². The molecule has 0 saturated carbocycles. The van der Waals surface area contributed by atoms with Crippen molar-refractivity contribution >= 4 is 22.4 Å². The van der Waals surface area contributed by atoms with Crippen molar-refractivity contribution in [2.45, 2.75) is 46.1 Å². The molecule has 2 aromatic carbocycles. The number of hydrogen-bond donors (Lipinski definition) is 1. The molecule has 0 radical (unpaired) electrons. The number of aromatic nitrogens is 2. The number of carbonyl (C=O) groups excluding carboxylic acids is 1. The fourth-order valence-electron chi connectivity index (χ4n) is 3.74. The third-order valence-electron chi connectivity index (χ3n) is 5.13. The number of ketones is 1. The van der Waals surface area contributed by atoms with Crippen LogP contribution in [0.15, 0.2) is 36.4 Å². The van der Waals surface area contributed by atoms with Crippen LogP contribution in [0.5, 0.6) is 0 Å². The van der Waals surface area contributed by atoms with Crippen molar-refractivity contribution in [2.24, 2.45) is 0 Å². The van der Waals surface area contributed by atoms with Crippen LogP contribution in [-0.4, -0.2) is 22.1 Å². The lowest BCUT2D eigenvalue weighted by molar-refractivity contribution is 0.104. The van der Waals surface area contributed by atoms with Gasteiger partial charge in [-0.3, -0.25) is 9.48 Å². The Morgan fingerprint density at radius 3 is 2.50 bits per heavy atom. The Morgan fingerprint density at radius 1 is 0.962 bits per heavy atom. The summed E-state index contributed by atoms with van der Waals surface area (Å²) in [7, 11) is 0. The highest BCUT2D eigenvalue weighted by molar-refractivity contribution is 6.26. The summed E-state index contributed by atoms with van der Waals surface area (Å²) in [4.78, 5) is 13.0. The average Bonchev–Trinajstić information content (AvgIpc) is 3.05. The summed E-state index contributed by atoms with van der Waals surface area (Å²) in [6, 6.07) is 11.9. The van der Waals surface area contributed by atoms with Gasteiger partial charge >= 0.3 is 0 Å². The first-order chi connectivity index (χ1) is 12.8. The van der Waals surface area contributed by atoms with Crippen molar-refractivity contribution in [3.8, 4) is 11.3 Å². The molecule has 0 unspecified atom stereocenters. The van der Waals surface area contributed by atoms with Gasteiger partial charge in [0.15, 0.2) is 5.78 Å². The molecule has 1 aliphatic rings. The van der Waals surface area contributed by atoms with Crippen molar-refractivity contribution in [3.05, 3.63) is 47.5 Å². The van der Waals surface area contributed by atoms with Crippen LogP contribution in [0.25, 0.3) is 22.2 Å². The Hall–Kier alpha value is -2.62. The summed E-state index contributed by atoms with van der Waals surface area (Å²) in [5.74, 6) is 0.105. The van der Waals surface area contributed by atoms with Crippen LogP contribution >= 0.6 is 0 Å². The number of fused-ring (bicyclic) bond motifs is 2. The number of rotatable bonds is 7. The quantitative estimate of drug-likeness (QED) is 0.464. The molecule has 4 heteroatoms. The molecule has 3 aromatic rings. The third kappa shape index (κ3) is 2.61. The molecule has 0 saturated heterocycles. The maximum Gasteiger partial charge on any atom is 0.194 e. The van der Waals surface area contributed by atoms with Crippen LogP contribution in [0, 0.1) is 0 Å². The zero-order valence-electron chi connectivity index (χ0n) is 15.5. The minimum absolute atomic E-state index is 0.105. The highest BCUT2D eigenvalue weighted by Gasteiger charge is 2.29. The molecule has 26 heavy (non-hydrogen) atoms. The van der Waals surface area contributed by atoms with Crippen LogP contribution in [0.2, 0.25) is 0 Å². The number of unbranched alkanes of at least 4 members (excludes halogenated alkanes) is 2. The fraction of sp³-hybridized carbons (Fsp3) is 0.364. The molecule has 0 fully saturated rings. The van der Waals surface area contributed by atoms with E-state index < -0.39 is 0 Å². The van der Waals surface area contributed by atoms with Crippen molar-refractivity contribution in [1.82, 2.24) is 9.78 Å². The molecule has 0 aliphatic heterocycles. The molecule has 1 aliphatic carbocycles. The smallest absolute Gasteiger partial charge is 0.194 e. The van der Waals surface area contributed by atoms with Gasteiger partial charge in [-0.05, 0) is 25.0 Å². The van der Waals surface area contributed by atoms with Gasteiger partial charge in [0.05, 0.1) is 11.4 Å². The number of carbonyl (C=O) groups is 1. The second-order valence-corrected chi connectivity index (χ2v) is 6.96. The van der Waals surface area contributed by atoms with E-state index >= 15 is 0 Å². The number of nitrogens with one attached hydrogen (secondary N) is 1. The van der Waals surface area contributed by atoms with E-state index in [1.54, 1.807) is 0 Å². The van der Waals surface area contributed by atoms with E-state index in [1.807, 2.05) is 36.4 Å². The van der Waals surface area contributed by atoms with Gasteiger partial charge in [-0.1, -0.05) is 51.0 Å². The van der Waals surface area contributed by atoms with Gasteiger partial charge < -0.3 is 5.32 Å². The summed E-state index contributed by atoms with van der Waals surface area (Å²) < 4.78 is 2.11. The highest BCUT2D eigenvalue weighted by Crippen LogP contribution is 2.41. The van der Waals surface area contributed by atoms with Gasteiger partial charge in [0.1, 0.15) is 5.52 Å². The lowest BCUT2D eigenvalue weighted by Gasteiger charge is -2.18. The molecule has 4 nitrogen and oxygen atoms in total. The van der Waals surface area contributed by atoms with Crippen LogP contribution in [0.4, 0.5) is 5.69 Å². The fourth-order valence-corrected chi connectivity index (χ4v) is 3.74. The Balaban J connectivity index is 1.94. The van der Waals surface area contributed by atoms with Crippen LogP contribution in [0.3, 0.4) is 0 Å². The molecule has 1 heterocycles. The largest absolute Gasteiger partial charge is 0.383 e. The molecule has 1 N–H and O–H groups in total. The molecule has 4 rings (SSSR count). The van der Waals surface area contributed by atoms with Gasteiger partial charge in [-0.2, -0.15) is 5.10 Å². The predicted octanol–water partition coefficient (Wildman–Crippen LogP) is 5.26. The maximum atomic E-state index is 13.0. The number of anilines is 1. The molecule has 0 atom stereocenters. The van der Waals surface area contributed by atoms with Crippen molar-refractivity contribution in [3.63, 3.8) is 0 Å². The zero-order valence-corrected chi connectivity index (χ0v) is 15.5. The predicted molar refractivity (Wildman–Crippen MR) is 107 cm³/mol. The molecule has 0 amide bonds. The maximum absolute atomic E-state index is 13.0. The molecule has 134 valence electrons. The van der Waals surface area contributed by atoms with E-state index in [0.717, 1.165) is 77.7 Å². The van der Waals surface area contributed by atoms with Crippen LogP contribution < -0.4 is 5.32 Å². The third-order valence-corrected chi connectivity index (χ3v) is 5.13. The lowest BCUT2D eigenvalue weighted by Crippen LogP contribution is -2.12. The van der Waals surface area contributed by atoms with Crippen molar-refractivity contribution < 1.29 is 4.79 Å². The van der Waals surface area contributed by atoms with Crippen LogP contribution in [-0.2, 0) is 6.54 Å². The number of nitrogens with zero attached hydrogens (tertiary/aromatic N) is 2. The van der Waals surface area contributed by atoms with Crippen molar-refractivity contribution in [1.29, 1.82) is 0 Å². The number of aryl methyl sites for hydroxylation is 1. The molecular weight excluding hydrogens is 322 g/mol. The van der Waals surface area contributed by atoms with Gasteiger partial charge in [0.2, 0.25) is 0 Å². The van der Waals surface area contributed by atoms with E-state index in [0.29, 0.717) is 0 Å². The van der Waals surface area contributed by atoms with Gasteiger partial charge in [0, 0.05) is 35.2 Å². The monoisotopic (exact) mass is 347 g/mol. The van der Waals surface area contributed by atoms with Gasteiger partial charge in [-0.15, -0.1) is 0 Å². The molecule has 1 aromatic heterocycles. The highest BCUT2D eigenvalue weighted by atomic mass is 16.1. The number of benzene rings is 2. The lowest BCUT2D eigenvalue weighted by atomic mass is 9.87. The van der Waals surface area contributed by atoms with E-state index in [2.05, 4.69) is 23.8 Å². The first-order valence-electron chi connectivity index (χ1n) is 9.67. The first-order valence-corrected chi connectivity index (χ1v) is 9.67. The first kappa shape index (κ1) is 16.8. The normalized spacial score (nSPS) is 12.5. The average molecular weight is 347 g/mol. The Kier molecular flexibility index (Phi) is 4.49. The Labute approximate surface area is 154 Å². The Bertz CT molecular complexity index is 971. The zero-order chi connectivity index (χ0) is 18.1. The summed E-state index contributed by atoms with van der Waals surface area (Å²) >= 11 is 0. The Morgan fingerprint density at radius 2 is 1.73 bits per heavy atom. The summed E-state index contributed by atoms with van der Waals surface area (Å²) in [5.41, 5.74) is 5.62. The second-order valence-electron chi connectivity index (χ2n) is 6.96. The summed E-state index contributed by atoms with van der Waals surface area (Å²) in [6.45, 7) is 6.17. The van der Waals surface area contributed by atoms with Gasteiger partial charge in [-0.25, -0.2) is 0 Å². The standard InChI is InChI=1S/C22H25N3O/c1-3-5-13-23-18-12-11-17-19-20(18)24-25(14-6-4-2)21(19)15-9-7-8-10-16(15)22(17)26/h7-12,23H,3-6,13-14H2,1-2H3. The minimum atomic E-state index is 0.105.